The molecule has 2 N–H and O–H groups in total. The highest BCUT2D eigenvalue weighted by Gasteiger charge is 2.06. The topological polar surface area (TPSA) is 40.7 Å². The SMILES string of the molecule is CNc1nc(Cc2ccc(Cl)cc2)c(C)[nH]1. The summed E-state index contributed by atoms with van der Waals surface area (Å²) in [5, 5.41) is 3.76. The number of imidazole rings is 1. The van der Waals surface area contributed by atoms with Crippen molar-refractivity contribution in [3.05, 3.63) is 46.2 Å². The summed E-state index contributed by atoms with van der Waals surface area (Å²) in [6.45, 7) is 2.03. The molecule has 4 heteroatoms. The predicted molar refractivity (Wildman–Crippen MR) is 67.1 cm³/mol. The number of benzene rings is 1. The molecule has 16 heavy (non-hydrogen) atoms. The van der Waals surface area contributed by atoms with Crippen LogP contribution in [0.4, 0.5) is 5.95 Å². The van der Waals surface area contributed by atoms with Gasteiger partial charge >= 0.3 is 0 Å². The summed E-state index contributed by atoms with van der Waals surface area (Å²) >= 11 is 5.84. The van der Waals surface area contributed by atoms with E-state index in [0.29, 0.717) is 0 Å². The summed E-state index contributed by atoms with van der Waals surface area (Å²) in [4.78, 5) is 7.62. The molecule has 0 saturated carbocycles. The van der Waals surface area contributed by atoms with Gasteiger partial charge in [-0.3, -0.25) is 0 Å². The summed E-state index contributed by atoms with van der Waals surface area (Å²) in [6.07, 6.45) is 0.821. The first kappa shape index (κ1) is 11.0. The quantitative estimate of drug-likeness (QED) is 0.859. The number of aromatic amines is 1. The van der Waals surface area contributed by atoms with Crippen molar-refractivity contribution in [1.82, 2.24) is 9.97 Å². The Balaban J connectivity index is 2.19. The molecule has 0 aliphatic heterocycles. The number of nitrogens with one attached hydrogen (secondary N) is 2. The number of hydrogen-bond acceptors (Lipinski definition) is 2. The van der Waals surface area contributed by atoms with Gasteiger partial charge in [0.05, 0.1) is 5.69 Å². The monoisotopic (exact) mass is 235 g/mol. The van der Waals surface area contributed by atoms with Crippen molar-refractivity contribution in [3.8, 4) is 0 Å². The first-order chi connectivity index (χ1) is 7.69. The number of rotatable bonds is 3. The van der Waals surface area contributed by atoms with Gasteiger partial charge in [0.25, 0.3) is 0 Å². The van der Waals surface area contributed by atoms with Crippen LogP contribution < -0.4 is 5.32 Å². The lowest BCUT2D eigenvalue weighted by molar-refractivity contribution is 1.08. The highest BCUT2D eigenvalue weighted by atomic mass is 35.5. The lowest BCUT2D eigenvalue weighted by Gasteiger charge is -1.99. The number of halogens is 1. The molecule has 1 heterocycles. The number of H-pyrrole nitrogens is 1. The van der Waals surface area contributed by atoms with E-state index in [1.54, 1.807) is 0 Å². The van der Waals surface area contributed by atoms with E-state index in [2.05, 4.69) is 15.3 Å². The van der Waals surface area contributed by atoms with Crippen molar-refractivity contribution in [2.24, 2.45) is 0 Å². The van der Waals surface area contributed by atoms with Gasteiger partial charge in [-0.2, -0.15) is 0 Å². The van der Waals surface area contributed by atoms with Gasteiger partial charge in [-0.25, -0.2) is 4.98 Å². The van der Waals surface area contributed by atoms with Crippen molar-refractivity contribution < 1.29 is 0 Å². The van der Waals surface area contributed by atoms with Crippen molar-refractivity contribution in [3.63, 3.8) is 0 Å². The van der Waals surface area contributed by atoms with E-state index in [-0.39, 0.29) is 0 Å². The van der Waals surface area contributed by atoms with E-state index in [0.717, 1.165) is 28.8 Å². The first-order valence-corrected chi connectivity index (χ1v) is 5.54. The maximum atomic E-state index is 5.84. The zero-order valence-corrected chi connectivity index (χ0v) is 10.1. The summed E-state index contributed by atoms with van der Waals surface area (Å²) in [5.74, 6) is 0.807. The molecule has 0 aliphatic rings. The van der Waals surface area contributed by atoms with Crippen LogP contribution >= 0.6 is 11.6 Å². The summed E-state index contributed by atoms with van der Waals surface area (Å²) in [7, 11) is 1.85. The van der Waals surface area contributed by atoms with Gasteiger partial charge < -0.3 is 10.3 Å². The van der Waals surface area contributed by atoms with E-state index in [1.807, 2.05) is 38.2 Å². The molecule has 84 valence electrons. The number of aryl methyl sites for hydroxylation is 1. The predicted octanol–water partition coefficient (Wildman–Crippen LogP) is 3.00. The first-order valence-electron chi connectivity index (χ1n) is 5.16. The van der Waals surface area contributed by atoms with Crippen LogP contribution in [0.25, 0.3) is 0 Å². The summed E-state index contributed by atoms with van der Waals surface area (Å²) < 4.78 is 0. The second-order valence-corrected chi connectivity index (χ2v) is 4.15. The van der Waals surface area contributed by atoms with Gasteiger partial charge in [0.1, 0.15) is 0 Å². The fraction of sp³-hybridized carbons (Fsp3) is 0.250. The van der Waals surface area contributed by atoms with Gasteiger partial charge in [0.2, 0.25) is 0 Å². The average Bonchev–Trinajstić information content (AvgIpc) is 2.63. The molecular formula is C12H14ClN3. The number of nitrogens with zero attached hydrogens (tertiary/aromatic N) is 1. The van der Waals surface area contributed by atoms with E-state index in [4.69, 9.17) is 11.6 Å². The molecule has 0 radical (unpaired) electrons. The molecule has 3 nitrogen and oxygen atoms in total. The van der Waals surface area contributed by atoms with Crippen LogP contribution in [0.5, 0.6) is 0 Å². The van der Waals surface area contributed by atoms with Gasteiger partial charge in [-0.05, 0) is 24.6 Å². The van der Waals surface area contributed by atoms with Crippen LogP contribution in [0.15, 0.2) is 24.3 Å². The van der Waals surface area contributed by atoms with Crippen molar-refractivity contribution in [2.75, 3.05) is 12.4 Å². The van der Waals surface area contributed by atoms with Crippen LogP contribution in [0.2, 0.25) is 5.02 Å². The van der Waals surface area contributed by atoms with Crippen molar-refractivity contribution in [2.45, 2.75) is 13.3 Å². The normalized spacial score (nSPS) is 10.4. The third kappa shape index (κ3) is 2.36. The molecule has 1 aromatic heterocycles. The lowest BCUT2D eigenvalue weighted by Crippen LogP contribution is -1.92. The second-order valence-electron chi connectivity index (χ2n) is 3.71. The number of anilines is 1. The minimum atomic E-state index is 0.762. The smallest absolute Gasteiger partial charge is 0.200 e. The van der Waals surface area contributed by atoms with Crippen LogP contribution in [0, 0.1) is 6.92 Å². The van der Waals surface area contributed by atoms with Crippen LogP contribution in [0.3, 0.4) is 0 Å². The Hall–Kier alpha value is -1.48. The fourth-order valence-corrected chi connectivity index (χ4v) is 1.71. The molecule has 0 amide bonds. The Labute approximate surface area is 99.9 Å². The maximum absolute atomic E-state index is 5.84. The Bertz CT molecular complexity index is 474. The zero-order chi connectivity index (χ0) is 11.5. The van der Waals surface area contributed by atoms with Crippen molar-refractivity contribution in [1.29, 1.82) is 0 Å². The molecule has 1 aromatic carbocycles. The minimum absolute atomic E-state index is 0.762. The average molecular weight is 236 g/mol. The lowest BCUT2D eigenvalue weighted by atomic mass is 10.1. The van der Waals surface area contributed by atoms with Crippen LogP contribution in [-0.4, -0.2) is 17.0 Å². The molecule has 0 unspecified atom stereocenters. The Morgan fingerprint density at radius 1 is 1.31 bits per heavy atom. The maximum Gasteiger partial charge on any atom is 0.200 e. The molecule has 0 spiro atoms. The Morgan fingerprint density at radius 3 is 2.56 bits per heavy atom. The third-order valence-corrected chi connectivity index (χ3v) is 2.76. The zero-order valence-electron chi connectivity index (χ0n) is 9.34. The summed E-state index contributed by atoms with van der Waals surface area (Å²) in [5.41, 5.74) is 3.37. The van der Waals surface area contributed by atoms with Gasteiger partial charge in [-0.1, -0.05) is 23.7 Å². The molecule has 2 rings (SSSR count). The third-order valence-electron chi connectivity index (χ3n) is 2.51. The molecule has 2 aromatic rings. The van der Waals surface area contributed by atoms with E-state index in [1.165, 1.54) is 5.56 Å². The van der Waals surface area contributed by atoms with Crippen LogP contribution in [-0.2, 0) is 6.42 Å². The van der Waals surface area contributed by atoms with Gasteiger partial charge in [0.15, 0.2) is 5.95 Å². The van der Waals surface area contributed by atoms with E-state index in [9.17, 15) is 0 Å². The minimum Gasteiger partial charge on any atom is -0.359 e. The van der Waals surface area contributed by atoms with E-state index < -0.39 is 0 Å². The number of aromatic nitrogens is 2. The Kier molecular flexibility index (Phi) is 3.15. The Morgan fingerprint density at radius 2 is 2.00 bits per heavy atom. The van der Waals surface area contributed by atoms with Crippen LogP contribution in [0.1, 0.15) is 17.0 Å². The fourth-order valence-electron chi connectivity index (χ4n) is 1.58. The highest BCUT2D eigenvalue weighted by molar-refractivity contribution is 6.30. The highest BCUT2D eigenvalue weighted by Crippen LogP contribution is 2.16. The number of hydrogen-bond donors (Lipinski definition) is 2. The molecule has 0 fully saturated rings. The van der Waals surface area contributed by atoms with Gasteiger partial charge in [-0.15, -0.1) is 0 Å². The second kappa shape index (κ2) is 4.58. The molecule has 0 saturated heterocycles. The van der Waals surface area contributed by atoms with Gasteiger partial charge in [0, 0.05) is 24.2 Å². The summed E-state index contributed by atoms with van der Waals surface area (Å²) in [6, 6.07) is 7.85. The molecule has 0 bridgehead atoms. The standard InChI is InChI=1S/C12H14ClN3/c1-8-11(16-12(14-2)15-8)7-9-3-5-10(13)6-4-9/h3-6H,7H2,1-2H3,(H2,14,15,16). The van der Waals surface area contributed by atoms with E-state index >= 15 is 0 Å². The molecule has 0 atom stereocenters. The molecule has 0 aliphatic carbocycles. The largest absolute Gasteiger partial charge is 0.359 e. The van der Waals surface area contributed by atoms with Crippen molar-refractivity contribution >= 4 is 17.5 Å². The molecular weight excluding hydrogens is 222 g/mol.